The lowest BCUT2D eigenvalue weighted by atomic mass is 10.1. The lowest BCUT2D eigenvalue weighted by molar-refractivity contribution is -0.137. The number of halogens is 5. The Morgan fingerprint density at radius 2 is 2.10 bits per heavy atom. The molecule has 1 saturated heterocycles. The van der Waals surface area contributed by atoms with Crippen LogP contribution in [0.5, 0.6) is 0 Å². The van der Waals surface area contributed by atoms with Gasteiger partial charge in [0.05, 0.1) is 17.3 Å². The number of benzene rings is 1. The van der Waals surface area contributed by atoms with Crippen molar-refractivity contribution in [3.8, 4) is 0 Å². The third kappa shape index (κ3) is 4.00. The normalized spacial score (nSPS) is 18.5. The van der Waals surface area contributed by atoms with Crippen LogP contribution in [0, 0.1) is 5.82 Å². The first kappa shape index (κ1) is 17.1. The highest BCUT2D eigenvalue weighted by Gasteiger charge is 2.31. The standard InChI is InChI=1S/C11H10F4N2OS.ClH/c12-7-2-1-6(11(13,14)15)3-8(7)17-10(18)9-4-19-5-16-9;/h1-3,9,16H,4-5H2,(H,17,18);1H. The zero-order chi connectivity index (χ0) is 14.0. The lowest BCUT2D eigenvalue weighted by Crippen LogP contribution is -2.37. The van der Waals surface area contributed by atoms with Crippen LogP contribution < -0.4 is 10.6 Å². The van der Waals surface area contributed by atoms with Gasteiger partial charge in [0.1, 0.15) is 5.82 Å². The van der Waals surface area contributed by atoms with Crippen LogP contribution in [-0.2, 0) is 11.0 Å². The van der Waals surface area contributed by atoms with Crippen molar-refractivity contribution in [1.29, 1.82) is 0 Å². The Bertz CT molecular complexity index is 492. The Kier molecular flexibility index (Phi) is 5.67. The minimum Gasteiger partial charge on any atom is -0.322 e. The number of alkyl halides is 3. The number of anilines is 1. The Labute approximate surface area is 122 Å². The van der Waals surface area contributed by atoms with Crippen molar-refractivity contribution in [2.24, 2.45) is 0 Å². The summed E-state index contributed by atoms with van der Waals surface area (Å²) in [6.07, 6.45) is -4.57. The van der Waals surface area contributed by atoms with Crippen molar-refractivity contribution in [1.82, 2.24) is 5.32 Å². The van der Waals surface area contributed by atoms with Crippen molar-refractivity contribution in [2.45, 2.75) is 12.2 Å². The Balaban J connectivity index is 0.00000200. The summed E-state index contributed by atoms with van der Waals surface area (Å²) >= 11 is 1.49. The van der Waals surface area contributed by atoms with Gasteiger partial charge in [-0.05, 0) is 18.2 Å². The lowest BCUT2D eigenvalue weighted by Gasteiger charge is -2.13. The van der Waals surface area contributed by atoms with E-state index in [2.05, 4.69) is 10.6 Å². The Morgan fingerprint density at radius 3 is 2.65 bits per heavy atom. The van der Waals surface area contributed by atoms with Crippen molar-refractivity contribution in [3.05, 3.63) is 29.6 Å². The van der Waals surface area contributed by atoms with Gasteiger partial charge >= 0.3 is 6.18 Å². The fourth-order valence-corrected chi connectivity index (χ4v) is 2.52. The smallest absolute Gasteiger partial charge is 0.322 e. The van der Waals surface area contributed by atoms with E-state index in [4.69, 9.17) is 0 Å². The van der Waals surface area contributed by atoms with Crippen LogP contribution >= 0.6 is 24.2 Å². The highest BCUT2D eigenvalue weighted by atomic mass is 35.5. The van der Waals surface area contributed by atoms with Crippen molar-refractivity contribution >= 4 is 35.8 Å². The van der Waals surface area contributed by atoms with Gasteiger partial charge < -0.3 is 5.32 Å². The predicted molar refractivity (Wildman–Crippen MR) is 71.5 cm³/mol. The van der Waals surface area contributed by atoms with E-state index in [1.807, 2.05) is 0 Å². The van der Waals surface area contributed by atoms with Crippen LogP contribution in [0.15, 0.2) is 18.2 Å². The molecule has 9 heteroatoms. The van der Waals surface area contributed by atoms with Crippen LogP contribution in [0.2, 0.25) is 0 Å². The van der Waals surface area contributed by atoms with Crippen molar-refractivity contribution in [2.75, 3.05) is 16.9 Å². The number of rotatable bonds is 2. The maximum Gasteiger partial charge on any atom is 0.416 e. The van der Waals surface area contributed by atoms with Gasteiger partial charge in [-0.25, -0.2) is 4.39 Å². The summed E-state index contributed by atoms with van der Waals surface area (Å²) in [6, 6.07) is 1.40. The molecule has 2 N–H and O–H groups in total. The van der Waals surface area contributed by atoms with E-state index in [0.29, 0.717) is 29.8 Å². The minimum absolute atomic E-state index is 0. The highest BCUT2D eigenvalue weighted by Crippen LogP contribution is 2.31. The fraction of sp³-hybridized carbons (Fsp3) is 0.364. The molecule has 20 heavy (non-hydrogen) atoms. The second-order valence-corrected chi connectivity index (χ2v) is 4.98. The maximum atomic E-state index is 13.4. The molecule has 0 spiro atoms. The number of hydrogen-bond acceptors (Lipinski definition) is 3. The third-order valence-corrected chi connectivity index (χ3v) is 3.52. The maximum absolute atomic E-state index is 13.4. The molecule has 1 aliphatic heterocycles. The van der Waals surface area contributed by atoms with Crippen LogP contribution in [0.3, 0.4) is 0 Å². The molecule has 0 radical (unpaired) electrons. The van der Waals surface area contributed by atoms with E-state index in [-0.39, 0.29) is 12.4 Å². The largest absolute Gasteiger partial charge is 0.416 e. The Morgan fingerprint density at radius 1 is 1.40 bits per heavy atom. The molecule has 0 saturated carbocycles. The molecule has 1 aromatic carbocycles. The summed E-state index contributed by atoms with van der Waals surface area (Å²) in [7, 11) is 0. The van der Waals surface area contributed by atoms with Crippen molar-refractivity contribution < 1.29 is 22.4 Å². The highest BCUT2D eigenvalue weighted by molar-refractivity contribution is 7.99. The zero-order valence-electron chi connectivity index (χ0n) is 9.96. The Hall–Kier alpha value is -0.990. The number of carbonyl (C=O) groups is 1. The fourth-order valence-electron chi connectivity index (χ4n) is 1.58. The van der Waals surface area contributed by atoms with Gasteiger partial charge in [0.15, 0.2) is 0 Å². The first-order chi connectivity index (χ1) is 8.88. The predicted octanol–water partition coefficient (Wildman–Crippen LogP) is 2.87. The summed E-state index contributed by atoms with van der Waals surface area (Å²) in [4.78, 5) is 11.7. The third-order valence-electron chi connectivity index (χ3n) is 2.58. The van der Waals surface area contributed by atoms with E-state index in [1.54, 1.807) is 0 Å². The molecule has 0 aromatic heterocycles. The monoisotopic (exact) mass is 330 g/mol. The molecule has 3 nitrogen and oxygen atoms in total. The van der Waals surface area contributed by atoms with E-state index < -0.39 is 35.2 Å². The van der Waals surface area contributed by atoms with Gasteiger partial charge in [-0.3, -0.25) is 10.1 Å². The van der Waals surface area contributed by atoms with E-state index in [9.17, 15) is 22.4 Å². The van der Waals surface area contributed by atoms with Crippen LogP contribution in [-0.4, -0.2) is 23.6 Å². The first-order valence-corrected chi connectivity index (χ1v) is 6.52. The van der Waals surface area contributed by atoms with E-state index >= 15 is 0 Å². The molecule has 1 unspecified atom stereocenters. The average Bonchev–Trinajstić information content (AvgIpc) is 2.84. The average molecular weight is 331 g/mol. The summed E-state index contributed by atoms with van der Waals surface area (Å²) in [5.41, 5.74) is -1.46. The SMILES string of the molecule is Cl.O=C(Nc1cc(C(F)(F)F)ccc1F)C1CSCN1. The number of hydrogen-bond donors (Lipinski definition) is 2. The van der Waals surface area contributed by atoms with E-state index in [1.165, 1.54) is 11.8 Å². The first-order valence-electron chi connectivity index (χ1n) is 5.36. The summed E-state index contributed by atoms with van der Waals surface area (Å²) in [5, 5.41) is 5.02. The molecule has 1 amide bonds. The van der Waals surface area contributed by atoms with Gasteiger partial charge in [0.2, 0.25) is 5.91 Å². The molecule has 0 bridgehead atoms. The number of thioether (sulfide) groups is 1. The second kappa shape index (κ2) is 6.64. The topological polar surface area (TPSA) is 41.1 Å². The number of carbonyl (C=O) groups excluding carboxylic acids is 1. The van der Waals surface area contributed by atoms with Crippen LogP contribution in [0.4, 0.5) is 23.2 Å². The van der Waals surface area contributed by atoms with Crippen molar-refractivity contribution in [3.63, 3.8) is 0 Å². The molecular weight excluding hydrogens is 320 g/mol. The van der Waals surface area contributed by atoms with E-state index in [0.717, 1.165) is 0 Å². The quantitative estimate of drug-likeness (QED) is 0.819. The van der Waals surface area contributed by atoms with Gasteiger partial charge in [0, 0.05) is 11.6 Å². The van der Waals surface area contributed by atoms with Gasteiger partial charge in [-0.15, -0.1) is 24.2 Å². The summed E-state index contributed by atoms with van der Waals surface area (Å²) < 4.78 is 50.9. The second-order valence-electron chi connectivity index (χ2n) is 3.95. The molecule has 1 fully saturated rings. The molecule has 2 rings (SSSR count). The summed E-state index contributed by atoms with van der Waals surface area (Å²) in [5.74, 6) is -0.342. The number of nitrogens with one attached hydrogen (secondary N) is 2. The molecule has 1 aromatic rings. The van der Waals surface area contributed by atoms with Gasteiger partial charge in [-0.2, -0.15) is 13.2 Å². The summed E-state index contributed by atoms with van der Waals surface area (Å²) in [6.45, 7) is 0. The molecule has 112 valence electrons. The van der Waals surface area contributed by atoms with Crippen LogP contribution in [0.25, 0.3) is 0 Å². The minimum atomic E-state index is -4.57. The number of amides is 1. The molecule has 1 aliphatic rings. The van der Waals surface area contributed by atoms with Gasteiger partial charge in [-0.1, -0.05) is 0 Å². The zero-order valence-corrected chi connectivity index (χ0v) is 11.6. The molecular formula is C11H11ClF4N2OS. The van der Waals surface area contributed by atoms with Crippen LogP contribution in [0.1, 0.15) is 5.56 Å². The molecule has 1 atom stereocenters. The van der Waals surface area contributed by atoms with Gasteiger partial charge in [0.25, 0.3) is 0 Å². The molecule has 0 aliphatic carbocycles. The molecule has 1 heterocycles.